The van der Waals surface area contributed by atoms with Crippen molar-refractivity contribution >= 4 is 40.4 Å². The fourth-order valence-electron chi connectivity index (χ4n) is 1.64. The minimum absolute atomic E-state index is 0.0639. The van der Waals surface area contributed by atoms with Crippen LogP contribution in [0, 0.1) is 0 Å². The number of halogens is 1. The molecule has 0 aliphatic heterocycles. The third-order valence-electron chi connectivity index (χ3n) is 2.40. The molecule has 0 fully saturated rings. The quantitative estimate of drug-likeness (QED) is 0.804. The van der Waals surface area contributed by atoms with Crippen molar-refractivity contribution in [3.05, 3.63) is 43.7 Å². The molecular formula is C12H13ClN2O2S2. The Balaban J connectivity index is 2.01. The number of hydrogen-bond acceptors (Lipinski definition) is 5. The Bertz CT molecular complexity index is 528. The van der Waals surface area contributed by atoms with Crippen molar-refractivity contribution in [2.75, 3.05) is 13.2 Å². The third-order valence-corrected chi connectivity index (χ3v) is 4.63. The van der Waals surface area contributed by atoms with E-state index in [-0.39, 0.29) is 12.6 Å². The SMILES string of the molecule is NC(=O)OCCNC(c1cccs1)c1ccc(Cl)s1. The first-order valence-corrected chi connectivity index (χ1v) is 7.68. The zero-order valence-corrected chi connectivity index (χ0v) is 12.4. The zero-order valence-electron chi connectivity index (χ0n) is 9.97. The lowest BCUT2D eigenvalue weighted by molar-refractivity contribution is 0.156. The monoisotopic (exact) mass is 316 g/mol. The lowest BCUT2D eigenvalue weighted by Crippen LogP contribution is -2.27. The number of primary amides is 1. The first kappa shape index (κ1) is 14.3. The summed E-state index contributed by atoms with van der Waals surface area (Å²) < 4.78 is 5.46. The van der Waals surface area contributed by atoms with Crippen molar-refractivity contribution in [3.63, 3.8) is 0 Å². The van der Waals surface area contributed by atoms with E-state index < -0.39 is 6.09 Å². The molecule has 0 saturated heterocycles. The van der Waals surface area contributed by atoms with Crippen LogP contribution in [0.15, 0.2) is 29.6 Å². The van der Waals surface area contributed by atoms with Crippen LogP contribution in [0.3, 0.4) is 0 Å². The molecule has 7 heteroatoms. The number of carbonyl (C=O) groups is 1. The number of carbonyl (C=O) groups excluding carboxylic acids is 1. The molecule has 4 nitrogen and oxygen atoms in total. The Labute approximate surface area is 124 Å². The summed E-state index contributed by atoms with van der Waals surface area (Å²) in [7, 11) is 0. The molecule has 1 unspecified atom stereocenters. The molecule has 0 aliphatic carbocycles. The Kier molecular flexibility index (Phi) is 5.21. The normalized spacial score (nSPS) is 12.3. The van der Waals surface area contributed by atoms with Crippen molar-refractivity contribution in [1.82, 2.24) is 5.32 Å². The predicted octanol–water partition coefficient (Wildman–Crippen LogP) is 3.24. The molecule has 1 atom stereocenters. The van der Waals surface area contributed by atoms with Crippen LogP contribution in [-0.2, 0) is 4.74 Å². The molecule has 0 radical (unpaired) electrons. The van der Waals surface area contributed by atoms with Crippen LogP contribution in [-0.4, -0.2) is 19.2 Å². The predicted molar refractivity (Wildman–Crippen MR) is 79.0 cm³/mol. The highest BCUT2D eigenvalue weighted by Gasteiger charge is 2.16. The molecule has 2 aromatic rings. The summed E-state index contributed by atoms with van der Waals surface area (Å²) in [6, 6.07) is 8.01. The number of rotatable bonds is 6. The number of nitrogens with one attached hydrogen (secondary N) is 1. The largest absolute Gasteiger partial charge is 0.448 e. The molecule has 2 rings (SSSR count). The van der Waals surface area contributed by atoms with Gasteiger partial charge in [0.1, 0.15) is 6.61 Å². The Morgan fingerprint density at radius 1 is 1.42 bits per heavy atom. The molecule has 0 aliphatic rings. The number of nitrogens with two attached hydrogens (primary N) is 1. The van der Waals surface area contributed by atoms with E-state index in [1.165, 1.54) is 16.2 Å². The fraction of sp³-hybridized carbons (Fsp3) is 0.250. The highest BCUT2D eigenvalue weighted by Crippen LogP contribution is 2.32. The summed E-state index contributed by atoms with van der Waals surface area (Å²) in [6.45, 7) is 0.775. The van der Waals surface area contributed by atoms with Crippen molar-refractivity contribution in [1.29, 1.82) is 0 Å². The van der Waals surface area contributed by atoms with Crippen LogP contribution in [0.2, 0.25) is 4.34 Å². The maximum Gasteiger partial charge on any atom is 0.404 e. The summed E-state index contributed by atoms with van der Waals surface area (Å²) in [5, 5.41) is 5.36. The second-order valence-corrected chi connectivity index (χ2v) is 6.44. The van der Waals surface area contributed by atoms with E-state index in [9.17, 15) is 4.79 Å². The topological polar surface area (TPSA) is 64.4 Å². The summed E-state index contributed by atoms with van der Waals surface area (Å²) in [5.74, 6) is 0. The van der Waals surface area contributed by atoms with Crippen LogP contribution >= 0.6 is 34.3 Å². The van der Waals surface area contributed by atoms with Gasteiger partial charge in [-0.05, 0) is 23.6 Å². The highest BCUT2D eigenvalue weighted by molar-refractivity contribution is 7.16. The first-order valence-electron chi connectivity index (χ1n) is 5.61. The Morgan fingerprint density at radius 3 is 2.84 bits per heavy atom. The molecule has 0 bridgehead atoms. The Morgan fingerprint density at radius 2 is 2.26 bits per heavy atom. The molecule has 0 saturated carbocycles. The van der Waals surface area contributed by atoms with Gasteiger partial charge in [0.2, 0.25) is 0 Å². The Hall–Kier alpha value is -1.08. The number of hydrogen-bond donors (Lipinski definition) is 2. The molecule has 0 spiro atoms. The van der Waals surface area contributed by atoms with Gasteiger partial charge in [0, 0.05) is 16.3 Å². The second-order valence-electron chi connectivity index (χ2n) is 3.71. The molecule has 0 aromatic carbocycles. The number of amides is 1. The molecule has 2 heterocycles. The molecule has 19 heavy (non-hydrogen) atoms. The highest BCUT2D eigenvalue weighted by atomic mass is 35.5. The van der Waals surface area contributed by atoms with Crippen LogP contribution in [0.5, 0.6) is 0 Å². The van der Waals surface area contributed by atoms with Gasteiger partial charge in [-0.1, -0.05) is 17.7 Å². The summed E-state index contributed by atoms with van der Waals surface area (Å²) >= 11 is 9.18. The molecular weight excluding hydrogens is 304 g/mol. The van der Waals surface area contributed by atoms with E-state index in [0.29, 0.717) is 6.54 Å². The lowest BCUT2D eigenvalue weighted by atomic mass is 10.2. The van der Waals surface area contributed by atoms with Gasteiger partial charge in [0.15, 0.2) is 0 Å². The van der Waals surface area contributed by atoms with Gasteiger partial charge in [-0.15, -0.1) is 22.7 Å². The number of thiophene rings is 2. The lowest BCUT2D eigenvalue weighted by Gasteiger charge is -2.15. The van der Waals surface area contributed by atoms with Gasteiger partial charge < -0.3 is 15.8 Å². The van der Waals surface area contributed by atoms with Crippen LogP contribution < -0.4 is 11.1 Å². The smallest absolute Gasteiger partial charge is 0.404 e. The van der Waals surface area contributed by atoms with Gasteiger partial charge in [-0.2, -0.15) is 0 Å². The minimum Gasteiger partial charge on any atom is -0.448 e. The molecule has 102 valence electrons. The third kappa shape index (κ3) is 4.21. The van der Waals surface area contributed by atoms with E-state index in [1.807, 2.05) is 23.6 Å². The maximum absolute atomic E-state index is 10.5. The van der Waals surface area contributed by atoms with Crippen molar-refractivity contribution in [3.8, 4) is 0 Å². The van der Waals surface area contributed by atoms with Crippen LogP contribution in [0.1, 0.15) is 15.8 Å². The summed E-state index contributed by atoms with van der Waals surface area (Å²) in [5.41, 5.74) is 4.92. The fourth-order valence-corrected chi connectivity index (χ4v) is 3.68. The van der Waals surface area contributed by atoms with Crippen molar-refractivity contribution < 1.29 is 9.53 Å². The average Bonchev–Trinajstić information content (AvgIpc) is 3.00. The van der Waals surface area contributed by atoms with Crippen LogP contribution in [0.25, 0.3) is 0 Å². The van der Waals surface area contributed by atoms with Gasteiger partial charge in [0.25, 0.3) is 0 Å². The second kappa shape index (κ2) is 6.91. The molecule has 2 aromatic heterocycles. The van der Waals surface area contributed by atoms with Crippen LogP contribution in [0.4, 0.5) is 4.79 Å². The van der Waals surface area contributed by atoms with Gasteiger partial charge >= 0.3 is 6.09 Å². The van der Waals surface area contributed by atoms with E-state index in [2.05, 4.69) is 11.4 Å². The molecule has 1 amide bonds. The number of ether oxygens (including phenoxy) is 1. The maximum atomic E-state index is 10.5. The van der Waals surface area contributed by atoms with E-state index in [1.54, 1.807) is 11.3 Å². The standard InChI is InChI=1S/C12H13ClN2O2S2/c13-10-4-3-9(19-10)11(8-2-1-7-18-8)15-5-6-17-12(14)16/h1-4,7,11,15H,5-6H2,(H2,14,16). The zero-order chi connectivity index (χ0) is 13.7. The van der Waals surface area contributed by atoms with E-state index >= 15 is 0 Å². The summed E-state index contributed by atoms with van der Waals surface area (Å²) in [6.07, 6.45) is -0.756. The van der Waals surface area contributed by atoms with E-state index in [0.717, 1.165) is 9.21 Å². The van der Waals surface area contributed by atoms with Crippen molar-refractivity contribution in [2.45, 2.75) is 6.04 Å². The van der Waals surface area contributed by atoms with E-state index in [4.69, 9.17) is 22.1 Å². The van der Waals surface area contributed by atoms with Crippen molar-refractivity contribution in [2.24, 2.45) is 5.73 Å². The summed E-state index contributed by atoms with van der Waals surface area (Å²) in [4.78, 5) is 12.8. The van der Waals surface area contributed by atoms with Gasteiger partial charge in [-0.3, -0.25) is 0 Å². The van der Waals surface area contributed by atoms with Gasteiger partial charge in [-0.25, -0.2) is 4.79 Å². The molecule has 3 N–H and O–H groups in total. The first-order chi connectivity index (χ1) is 9.16. The van der Waals surface area contributed by atoms with Gasteiger partial charge in [0.05, 0.1) is 10.4 Å². The average molecular weight is 317 g/mol. The minimum atomic E-state index is -0.756.